The highest BCUT2D eigenvalue weighted by molar-refractivity contribution is 7.22. The first kappa shape index (κ1) is 26.8. The van der Waals surface area contributed by atoms with E-state index in [1.165, 1.54) is 23.9 Å². The molecule has 3 heterocycles. The van der Waals surface area contributed by atoms with Gasteiger partial charge in [-0.15, -0.1) is 17.5 Å². The number of phenols is 1. The molecule has 0 radical (unpaired) electrons. The fourth-order valence-electron chi connectivity index (χ4n) is 4.84. The van der Waals surface area contributed by atoms with Crippen LogP contribution >= 0.6 is 23.7 Å². The zero-order valence-corrected chi connectivity index (χ0v) is 22.8. The van der Waals surface area contributed by atoms with Crippen molar-refractivity contribution in [1.29, 1.82) is 0 Å². The molecule has 202 valence electrons. The predicted octanol–water partition coefficient (Wildman–Crippen LogP) is 4.52. The van der Waals surface area contributed by atoms with Crippen molar-refractivity contribution in [3.05, 3.63) is 89.5 Å². The molecule has 1 atom stereocenters. The van der Waals surface area contributed by atoms with E-state index in [1.807, 2.05) is 30.3 Å². The Labute approximate surface area is 234 Å². The Morgan fingerprint density at radius 2 is 1.79 bits per heavy atom. The van der Waals surface area contributed by atoms with Crippen molar-refractivity contribution >= 4 is 39.1 Å². The van der Waals surface area contributed by atoms with E-state index < -0.39 is 0 Å². The lowest BCUT2D eigenvalue weighted by Crippen LogP contribution is -2.48. The predicted molar refractivity (Wildman–Crippen MR) is 150 cm³/mol. The van der Waals surface area contributed by atoms with Gasteiger partial charge in [0.25, 0.3) is 0 Å². The molecule has 2 aromatic heterocycles. The van der Waals surface area contributed by atoms with E-state index in [-0.39, 0.29) is 30.0 Å². The number of para-hydroxylation sites is 1. The van der Waals surface area contributed by atoms with Crippen LogP contribution in [0.4, 0.5) is 9.52 Å². The molecule has 1 unspecified atom stereocenters. The fraction of sp³-hybridized carbons (Fsp3) is 0.259. The van der Waals surface area contributed by atoms with E-state index in [0.29, 0.717) is 18.1 Å². The number of anilines is 1. The molecule has 12 heteroatoms. The molecule has 0 amide bonds. The number of nitrogens with zero attached hydrogens (tertiary/aromatic N) is 7. The second-order valence-corrected chi connectivity index (χ2v) is 10.2. The second-order valence-electron chi connectivity index (χ2n) is 9.14. The first-order chi connectivity index (χ1) is 18.6. The van der Waals surface area contributed by atoms with Gasteiger partial charge in [0.15, 0.2) is 22.5 Å². The summed E-state index contributed by atoms with van der Waals surface area (Å²) in [4.78, 5) is 9.48. The first-order valence-electron chi connectivity index (χ1n) is 12.3. The van der Waals surface area contributed by atoms with Gasteiger partial charge in [0.2, 0.25) is 0 Å². The number of thiazole rings is 1. The number of ether oxygens (including phenoxy) is 1. The van der Waals surface area contributed by atoms with Crippen LogP contribution in [-0.2, 0) is 6.54 Å². The molecule has 0 spiro atoms. The number of hydrogen-bond acceptors (Lipinski definition) is 9. The molecular weight excluding hydrogens is 541 g/mol. The smallest absolute Gasteiger partial charge is 0.186 e. The number of methoxy groups -OCH3 is 1. The molecule has 0 aliphatic carbocycles. The number of aromatic hydroxyl groups is 1. The maximum absolute atomic E-state index is 13.5. The summed E-state index contributed by atoms with van der Waals surface area (Å²) >= 11 is 1.71. The Kier molecular flexibility index (Phi) is 7.92. The Morgan fingerprint density at radius 1 is 1.03 bits per heavy atom. The van der Waals surface area contributed by atoms with E-state index in [1.54, 1.807) is 34.2 Å². The first-order valence-corrected chi connectivity index (χ1v) is 13.1. The van der Waals surface area contributed by atoms with Crippen LogP contribution in [0.3, 0.4) is 0 Å². The van der Waals surface area contributed by atoms with Crippen LogP contribution in [-0.4, -0.2) is 68.5 Å². The van der Waals surface area contributed by atoms with Gasteiger partial charge in [-0.3, -0.25) is 4.90 Å². The number of aromatic nitrogens is 5. The summed E-state index contributed by atoms with van der Waals surface area (Å²) < 4.78 is 21.8. The van der Waals surface area contributed by atoms with E-state index in [0.717, 1.165) is 48.0 Å². The fourth-order valence-corrected chi connectivity index (χ4v) is 5.85. The Hall–Kier alpha value is -3.80. The van der Waals surface area contributed by atoms with Gasteiger partial charge in [-0.2, -0.15) is 0 Å². The quantitative estimate of drug-likeness (QED) is 0.307. The third kappa shape index (κ3) is 5.51. The molecule has 3 aromatic carbocycles. The molecular formula is C27H27ClFN7O2S. The summed E-state index contributed by atoms with van der Waals surface area (Å²) in [5.41, 5.74) is 2.81. The highest BCUT2D eigenvalue weighted by atomic mass is 35.5. The summed E-state index contributed by atoms with van der Waals surface area (Å²) in [6.07, 6.45) is 0. The zero-order valence-electron chi connectivity index (χ0n) is 21.1. The molecule has 6 rings (SSSR count). The molecule has 1 aliphatic rings. The molecule has 0 bridgehead atoms. The monoisotopic (exact) mass is 567 g/mol. The molecule has 9 nitrogen and oxygen atoms in total. The van der Waals surface area contributed by atoms with Gasteiger partial charge >= 0.3 is 0 Å². The summed E-state index contributed by atoms with van der Waals surface area (Å²) in [7, 11) is 1.53. The number of benzene rings is 3. The minimum atomic E-state index is -0.286. The summed E-state index contributed by atoms with van der Waals surface area (Å²) in [5.74, 6) is 0.834. The van der Waals surface area contributed by atoms with Crippen LogP contribution in [0.2, 0.25) is 0 Å². The van der Waals surface area contributed by atoms with Gasteiger partial charge in [0.1, 0.15) is 5.82 Å². The van der Waals surface area contributed by atoms with Crippen molar-refractivity contribution in [1.82, 2.24) is 30.1 Å². The minimum Gasteiger partial charge on any atom is -0.504 e. The van der Waals surface area contributed by atoms with Gasteiger partial charge in [-0.1, -0.05) is 41.7 Å². The summed E-state index contributed by atoms with van der Waals surface area (Å²) in [6.45, 7) is 3.51. The number of piperazine rings is 1. The zero-order chi connectivity index (χ0) is 26.1. The third-order valence-electron chi connectivity index (χ3n) is 6.80. The SMILES string of the molecule is COc1cc(C(c2nnnn2Cc2ccc(F)cc2)N2CCN(c3nc4ccccc4s3)CC2)ccc1O.Cl. The lowest BCUT2D eigenvalue weighted by Gasteiger charge is -2.38. The number of tetrazole rings is 1. The topological polar surface area (TPSA) is 92.4 Å². The van der Waals surface area contributed by atoms with E-state index in [9.17, 15) is 9.50 Å². The number of hydrogen-bond donors (Lipinski definition) is 1. The highest BCUT2D eigenvalue weighted by Gasteiger charge is 2.32. The lowest BCUT2D eigenvalue weighted by atomic mass is 10.0. The molecule has 1 saturated heterocycles. The molecule has 1 fully saturated rings. The molecule has 1 N–H and O–H groups in total. The Balaban J connectivity index is 0.00000308. The maximum atomic E-state index is 13.5. The standard InChI is InChI=1S/C27H26FN7O2S.ClH/c1-37-23-16-19(8-11-22(23)36)25(26-30-31-32-35(26)17-18-6-9-20(28)10-7-18)33-12-14-34(15-13-33)27-29-21-4-2-3-5-24(21)38-27;/h2-11,16,25,36H,12-15,17H2,1H3;1H. The average Bonchev–Trinajstić information content (AvgIpc) is 3.58. The van der Waals surface area contributed by atoms with Crippen LogP contribution in [0.25, 0.3) is 10.2 Å². The van der Waals surface area contributed by atoms with Gasteiger partial charge in [-0.05, 0) is 58.0 Å². The number of rotatable bonds is 7. The van der Waals surface area contributed by atoms with Crippen molar-refractivity contribution in [3.63, 3.8) is 0 Å². The molecule has 39 heavy (non-hydrogen) atoms. The Bertz CT molecular complexity index is 1520. The van der Waals surface area contributed by atoms with Crippen molar-refractivity contribution in [2.75, 3.05) is 38.2 Å². The average molecular weight is 568 g/mol. The third-order valence-corrected chi connectivity index (χ3v) is 7.90. The van der Waals surface area contributed by atoms with Crippen LogP contribution in [0.15, 0.2) is 66.7 Å². The van der Waals surface area contributed by atoms with E-state index >= 15 is 0 Å². The van der Waals surface area contributed by atoms with Gasteiger partial charge in [0, 0.05) is 26.2 Å². The second kappa shape index (κ2) is 11.5. The number of fused-ring (bicyclic) bond motifs is 1. The van der Waals surface area contributed by atoms with Crippen LogP contribution < -0.4 is 9.64 Å². The minimum absolute atomic E-state index is 0. The largest absolute Gasteiger partial charge is 0.504 e. The van der Waals surface area contributed by atoms with Crippen LogP contribution in [0.5, 0.6) is 11.5 Å². The van der Waals surface area contributed by atoms with Crippen LogP contribution in [0, 0.1) is 5.82 Å². The number of phenolic OH excluding ortho intramolecular Hbond substituents is 1. The van der Waals surface area contributed by atoms with Crippen molar-refractivity contribution in [2.24, 2.45) is 0 Å². The van der Waals surface area contributed by atoms with Crippen molar-refractivity contribution in [2.45, 2.75) is 12.6 Å². The molecule has 0 saturated carbocycles. The van der Waals surface area contributed by atoms with E-state index in [2.05, 4.69) is 31.4 Å². The van der Waals surface area contributed by atoms with Crippen molar-refractivity contribution < 1.29 is 14.2 Å². The lowest BCUT2D eigenvalue weighted by molar-refractivity contribution is 0.201. The van der Waals surface area contributed by atoms with Gasteiger partial charge < -0.3 is 14.7 Å². The highest BCUT2D eigenvalue weighted by Crippen LogP contribution is 2.36. The summed E-state index contributed by atoms with van der Waals surface area (Å²) in [6, 6.07) is 19.6. The van der Waals surface area contributed by atoms with Crippen molar-refractivity contribution in [3.8, 4) is 11.5 Å². The Morgan fingerprint density at radius 3 is 2.54 bits per heavy atom. The normalized spacial score (nSPS) is 14.8. The van der Waals surface area contributed by atoms with Crippen LogP contribution in [0.1, 0.15) is 23.0 Å². The summed E-state index contributed by atoms with van der Waals surface area (Å²) in [5, 5.41) is 23.9. The molecule has 5 aromatic rings. The van der Waals surface area contributed by atoms with E-state index in [4.69, 9.17) is 9.72 Å². The van der Waals surface area contributed by atoms with Gasteiger partial charge in [0.05, 0.1) is 29.9 Å². The van der Waals surface area contributed by atoms with Gasteiger partial charge in [-0.25, -0.2) is 14.1 Å². The molecule has 1 aliphatic heterocycles. The maximum Gasteiger partial charge on any atom is 0.186 e. The number of halogens is 2.